The Labute approximate surface area is 480 Å². The van der Waals surface area contributed by atoms with Crippen LogP contribution in [-0.2, 0) is 45.0 Å². The van der Waals surface area contributed by atoms with Crippen molar-refractivity contribution in [3.63, 3.8) is 0 Å². The number of ether oxygens (including phenoxy) is 2. The number of hydrogen-bond donors (Lipinski definition) is 7. The summed E-state index contributed by atoms with van der Waals surface area (Å²) >= 11 is 0. The second kappa shape index (κ2) is 23.5. The first-order valence-corrected chi connectivity index (χ1v) is 31.0. The van der Waals surface area contributed by atoms with Crippen LogP contribution in [0.2, 0.25) is 0 Å². The van der Waals surface area contributed by atoms with Gasteiger partial charge < -0.3 is 46.3 Å². The van der Waals surface area contributed by atoms with Crippen LogP contribution in [0.1, 0.15) is 138 Å². The molecular formula is C70H87N5O6. The fourth-order valence-electron chi connectivity index (χ4n) is 16.8. The number of hydrogen-bond acceptors (Lipinski definition) is 11. The molecule has 7 N–H and O–H groups in total. The summed E-state index contributed by atoms with van der Waals surface area (Å²) in [6.07, 6.45) is 15.9. The van der Waals surface area contributed by atoms with E-state index >= 15 is 9.59 Å². The number of aromatic hydroxyl groups is 1. The Kier molecular flexibility index (Phi) is 16.2. The third kappa shape index (κ3) is 10.9. The molecule has 1 spiro atoms. The second-order valence-corrected chi connectivity index (χ2v) is 26.0. The first kappa shape index (κ1) is 55.9. The van der Waals surface area contributed by atoms with E-state index in [1.54, 1.807) is 6.07 Å². The number of aliphatic hydroxyl groups is 1. The van der Waals surface area contributed by atoms with Gasteiger partial charge in [0.1, 0.15) is 17.3 Å². The molecule has 81 heavy (non-hydrogen) atoms. The fraction of sp³-hybridized carbons (Fsp3) is 0.514. The van der Waals surface area contributed by atoms with Gasteiger partial charge in [0.2, 0.25) is 0 Å². The second-order valence-electron chi connectivity index (χ2n) is 26.0. The lowest BCUT2D eigenvalue weighted by atomic mass is 9.44. The molecule has 4 aromatic carbocycles. The highest BCUT2D eigenvalue weighted by Crippen LogP contribution is 2.72. The van der Waals surface area contributed by atoms with Crippen molar-refractivity contribution in [1.29, 1.82) is 0 Å². The van der Waals surface area contributed by atoms with Crippen molar-refractivity contribution in [2.75, 3.05) is 33.2 Å². The Morgan fingerprint density at radius 2 is 1.69 bits per heavy atom. The van der Waals surface area contributed by atoms with E-state index in [0.717, 1.165) is 142 Å². The maximum Gasteiger partial charge on any atom is 0.340 e. The molecular weight excluding hydrogens is 1010 g/mol. The summed E-state index contributed by atoms with van der Waals surface area (Å²) < 4.78 is 13.5. The Hall–Kier alpha value is -5.66. The lowest BCUT2D eigenvalue weighted by molar-refractivity contribution is -0.135. The number of nitrogens with one attached hydrogen (secondary N) is 5. The topological polar surface area (TPSA) is 153 Å². The number of rotatable bonds is 13. The molecule has 0 aromatic heterocycles. The fourth-order valence-corrected chi connectivity index (χ4v) is 16.8. The molecule has 11 nitrogen and oxygen atoms in total. The van der Waals surface area contributed by atoms with Crippen molar-refractivity contribution in [3.05, 3.63) is 165 Å². The molecule has 11 heteroatoms. The van der Waals surface area contributed by atoms with Crippen LogP contribution in [0.5, 0.6) is 5.75 Å². The number of fused-ring (bicyclic) bond motifs is 5. The van der Waals surface area contributed by atoms with Crippen molar-refractivity contribution < 1.29 is 29.3 Å². The highest BCUT2D eigenvalue weighted by molar-refractivity contribution is 6.07. The summed E-state index contributed by atoms with van der Waals surface area (Å²) in [6, 6.07) is 32.2. The van der Waals surface area contributed by atoms with E-state index < -0.39 is 11.5 Å². The Morgan fingerprint density at radius 1 is 0.827 bits per heavy atom. The molecule has 2 saturated carbocycles. The van der Waals surface area contributed by atoms with Crippen LogP contribution >= 0.6 is 0 Å². The number of esters is 2. The van der Waals surface area contributed by atoms with E-state index in [2.05, 4.69) is 133 Å². The normalized spacial score (nSPS) is 30.2. The average Bonchev–Trinajstić information content (AvgIpc) is 1.93. The smallest absolute Gasteiger partial charge is 0.340 e. The summed E-state index contributed by atoms with van der Waals surface area (Å²) in [4.78, 5) is 30.5. The molecule has 0 amide bonds. The number of carbonyl (C=O) groups is 2. The molecule has 4 aromatic rings. The van der Waals surface area contributed by atoms with Crippen molar-refractivity contribution in [2.45, 2.75) is 143 Å². The van der Waals surface area contributed by atoms with E-state index in [1.807, 2.05) is 25.1 Å². The monoisotopic (exact) mass is 1090 g/mol. The van der Waals surface area contributed by atoms with E-state index in [4.69, 9.17) is 9.47 Å². The zero-order valence-electron chi connectivity index (χ0n) is 48.6. The largest absolute Gasteiger partial charge is 0.508 e. The number of phenols is 1. The van der Waals surface area contributed by atoms with Gasteiger partial charge in [0, 0.05) is 42.7 Å². The van der Waals surface area contributed by atoms with Gasteiger partial charge in [-0.15, -0.1) is 0 Å². The number of carbonyl (C=O) groups excluding carboxylic acids is 2. The average molecular weight is 1090 g/mol. The maximum absolute atomic E-state index is 15.3. The number of benzene rings is 4. The molecule has 11 atom stereocenters. The van der Waals surface area contributed by atoms with Gasteiger partial charge in [0.25, 0.3) is 0 Å². The lowest BCUT2D eigenvalue weighted by Gasteiger charge is -2.56. The van der Waals surface area contributed by atoms with Crippen LogP contribution in [0.3, 0.4) is 0 Å². The van der Waals surface area contributed by atoms with Gasteiger partial charge in [0.05, 0.1) is 23.3 Å². The SMILES string of the molecule is CC[C@H](/C=C1\OC(=O)C2=C3c4cc(O)ccc4-c4cccc(c4)CNCCc4cc(CNCC(C)C)cc(c4)[C@@H](NC[C@H](C)O)[C@H]4CC[C@@]([C@@H]5CCN[C@H](NC)C5)(CC=C5OC(=O)C6=C5CC[C@H]5[C@H]3CC[C@@]21[C@@H]65)C4)Cc1ccccc1. The Morgan fingerprint density at radius 3 is 2.51 bits per heavy atom. The van der Waals surface area contributed by atoms with E-state index in [1.165, 1.54) is 22.3 Å². The van der Waals surface area contributed by atoms with Crippen LogP contribution < -0.4 is 26.6 Å². The van der Waals surface area contributed by atoms with Crippen molar-refractivity contribution >= 4 is 17.5 Å². The van der Waals surface area contributed by atoms with Crippen LogP contribution in [0.15, 0.2) is 131 Å². The van der Waals surface area contributed by atoms with Crippen molar-refractivity contribution in [2.24, 2.45) is 52.3 Å². The number of aliphatic hydroxyl groups excluding tert-OH is 1. The molecule has 5 aliphatic carbocycles. The Bertz CT molecular complexity index is 3140. The van der Waals surface area contributed by atoms with Gasteiger partial charge in [0.15, 0.2) is 0 Å². The summed E-state index contributed by atoms with van der Waals surface area (Å²) in [7, 11) is 2.06. The lowest BCUT2D eigenvalue weighted by Crippen LogP contribution is -2.52. The molecule has 0 unspecified atom stereocenters. The summed E-state index contributed by atoms with van der Waals surface area (Å²) in [5, 5.41) is 41.2. The summed E-state index contributed by atoms with van der Waals surface area (Å²) in [5.41, 5.74) is 11.6. The molecule has 4 fully saturated rings. The molecule has 14 rings (SSSR count). The van der Waals surface area contributed by atoms with Crippen LogP contribution in [0, 0.1) is 52.3 Å². The predicted molar refractivity (Wildman–Crippen MR) is 320 cm³/mol. The summed E-state index contributed by atoms with van der Waals surface area (Å²) in [5.74, 6) is 2.02. The maximum atomic E-state index is 15.3. The first-order valence-electron chi connectivity index (χ1n) is 31.0. The molecule has 10 aliphatic rings. The van der Waals surface area contributed by atoms with E-state index in [-0.39, 0.29) is 59.0 Å². The molecule has 5 aliphatic heterocycles. The van der Waals surface area contributed by atoms with Crippen molar-refractivity contribution in [1.82, 2.24) is 26.6 Å². The highest BCUT2D eigenvalue weighted by atomic mass is 16.6. The molecule has 428 valence electrons. The molecule has 5 heterocycles. The van der Waals surface area contributed by atoms with E-state index in [0.29, 0.717) is 55.0 Å². The number of piperidine rings is 1. The van der Waals surface area contributed by atoms with Gasteiger partial charge in [-0.1, -0.05) is 93.6 Å². The van der Waals surface area contributed by atoms with Gasteiger partial charge in [-0.3, -0.25) is 0 Å². The third-order valence-corrected chi connectivity index (χ3v) is 20.5. The zero-order valence-corrected chi connectivity index (χ0v) is 48.6. The minimum Gasteiger partial charge on any atom is -0.508 e. The standard InChI is InChI=1S/C70H87N5O6/c1-6-44(29-45-11-8-7-9-12-45)34-60-70-26-20-55-56-17-18-57-59(80-67(78)63(57)64(56)70)21-25-69(52-23-28-74-61(35-52)71-5)24-19-50(37-69)66(75-39-43(4)76)51-31-46(30-48(33-51)41-73-38-42(2)3)22-27-72-40-47-13-10-14-49(32-47)54-16-15-53(77)36-58(54)62(55)65(70)68(79)81-60/h7-16,21,30-34,36,42-44,50,52,55-56,61,64,66,71-77H,6,17-20,22-29,35,37-41H2,1-5H3/b59-21?,60-34-/t43-,44-,50-,52+,55+,56-,61-,64+,66-,69+,70+/m0/s1. The van der Waals surface area contributed by atoms with Gasteiger partial charge in [-0.2, -0.15) is 0 Å². The van der Waals surface area contributed by atoms with Crippen LogP contribution in [0.4, 0.5) is 0 Å². The minimum atomic E-state index is -0.890. The van der Waals surface area contributed by atoms with Crippen molar-refractivity contribution in [3.8, 4) is 16.9 Å². The molecule has 14 bridgehead atoms. The zero-order chi connectivity index (χ0) is 56.0. The highest BCUT2D eigenvalue weighted by Gasteiger charge is 2.68. The number of allylic oxidation sites excluding steroid dienone is 5. The third-order valence-electron chi connectivity index (χ3n) is 20.5. The number of cyclic esters (lactones) is 1. The summed E-state index contributed by atoms with van der Waals surface area (Å²) in [6.45, 7) is 13.2. The van der Waals surface area contributed by atoms with E-state index in [9.17, 15) is 10.2 Å². The van der Waals surface area contributed by atoms with Crippen LogP contribution in [0.25, 0.3) is 16.7 Å². The van der Waals surface area contributed by atoms with Gasteiger partial charge in [-0.25, -0.2) is 9.59 Å². The van der Waals surface area contributed by atoms with Gasteiger partial charge in [-0.05, 0) is 238 Å². The molecule has 2 saturated heterocycles. The number of phenolic OH excluding ortho intramolecular Hbond substituents is 1. The predicted octanol–water partition coefficient (Wildman–Crippen LogP) is 11.5. The van der Waals surface area contributed by atoms with Gasteiger partial charge >= 0.3 is 11.9 Å². The first-order chi connectivity index (χ1) is 39.3. The molecule has 0 radical (unpaired) electrons. The minimum absolute atomic E-state index is 0.0373. The Balaban J connectivity index is 1.02. The quantitative estimate of drug-likeness (QED) is 0.0641. The van der Waals surface area contributed by atoms with Crippen LogP contribution in [-0.4, -0.2) is 67.6 Å².